The zero-order valence-corrected chi connectivity index (χ0v) is 14.5. The molecule has 2 fully saturated rings. The van der Waals surface area contributed by atoms with Crippen LogP contribution >= 0.6 is 0 Å². The second kappa shape index (κ2) is 7.82. The van der Waals surface area contributed by atoms with Crippen LogP contribution in [0.1, 0.15) is 57.1 Å². The number of benzene rings is 1. The maximum Gasteiger partial charge on any atom is 0.223 e. The summed E-state index contributed by atoms with van der Waals surface area (Å²) in [6, 6.07) is 10.4. The summed E-state index contributed by atoms with van der Waals surface area (Å²) >= 11 is 0. The van der Waals surface area contributed by atoms with Crippen LogP contribution in [0.3, 0.4) is 0 Å². The molecule has 2 amide bonds. The first-order valence-corrected chi connectivity index (χ1v) is 9.27. The molecule has 0 aromatic heterocycles. The van der Waals surface area contributed by atoms with Gasteiger partial charge in [0.25, 0.3) is 0 Å². The first kappa shape index (κ1) is 17.0. The first-order valence-electron chi connectivity index (χ1n) is 9.27. The van der Waals surface area contributed by atoms with E-state index in [1.165, 1.54) is 18.4 Å². The fraction of sp³-hybridized carbons (Fsp3) is 0.600. The van der Waals surface area contributed by atoms with Gasteiger partial charge in [0.1, 0.15) is 0 Å². The minimum atomic E-state index is 0.111. The summed E-state index contributed by atoms with van der Waals surface area (Å²) in [6.07, 6.45) is 5.75. The van der Waals surface area contributed by atoms with Crippen molar-refractivity contribution >= 4 is 11.8 Å². The van der Waals surface area contributed by atoms with E-state index in [4.69, 9.17) is 0 Å². The van der Waals surface area contributed by atoms with Crippen molar-refractivity contribution in [2.45, 2.75) is 51.5 Å². The lowest BCUT2D eigenvalue weighted by molar-refractivity contribution is -0.134. The van der Waals surface area contributed by atoms with Crippen LogP contribution in [-0.4, -0.2) is 29.8 Å². The minimum absolute atomic E-state index is 0.111. The van der Waals surface area contributed by atoms with Crippen molar-refractivity contribution in [2.24, 2.45) is 11.8 Å². The SMILES string of the molecule is C[C@H](c1ccccc1)N(CC1CC1)C(=O)CCCNC(=O)C1CC1. The molecular weight excluding hydrogens is 300 g/mol. The monoisotopic (exact) mass is 328 g/mol. The number of rotatable bonds is 9. The zero-order chi connectivity index (χ0) is 16.9. The van der Waals surface area contributed by atoms with Crippen molar-refractivity contribution < 1.29 is 9.59 Å². The minimum Gasteiger partial charge on any atom is -0.356 e. The number of hydrogen-bond donors (Lipinski definition) is 1. The number of carbonyl (C=O) groups is 2. The fourth-order valence-electron chi connectivity index (χ4n) is 3.05. The fourth-order valence-corrected chi connectivity index (χ4v) is 3.05. The molecule has 0 aliphatic heterocycles. The molecule has 2 aliphatic carbocycles. The molecule has 0 radical (unpaired) electrons. The Balaban J connectivity index is 1.50. The van der Waals surface area contributed by atoms with Crippen LogP contribution in [0.5, 0.6) is 0 Å². The highest BCUT2D eigenvalue weighted by molar-refractivity contribution is 5.81. The summed E-state index contributed by atoms with van der Waals surface area (Å²) in [5.41, 5.74) is 1.19. The Labute approximate surface area is 144 Å². The quantitative estimate of drug-likeness (QED) is 0.707. The molecule has 1 atom stereocenters. The lowest BCUT2D eigenvalue weighted by Crippen LogP contribution is -2.36. The first-order chi connectivity index (χ1) is 11.6. The lowest BCUT2D eigenvalue weighted by atomic mass is 10.1. The summed E-state index contributed by atoms with van der Waals surface area (Å²) in [4.78, 5) is 26.4. The van der Waals surface area contributed by atoms with Gasteiger partial charge in [-0.15, -0.1) is 0 Å². The molecule has 3 rings (SSSR count). The van der Waals surface area contributed by atoms with E-state index in [1.54, 1.807) is 0 Å². The third-order valence-corrected chi connectivity index (χ3v) is 5.04. The molecule has 2 aliphatic rings. The van der Waals surface area contributed by atoms with Gasteiger partial charge in [0.05, 0.1) is 6.04 Å². The Morgan fingerprint density at radius 3 is 2.50 bits per heavy atom. The van der Waals surface area contributed by atoms with Crippen LogP contribution in [0, 0.1) is 11.8 Å². The maximum atomic E-state index is 12.7. The molecule has 4 nitrogen and oxygen atoms in total. The van der Waals surface area contributed by atoms with E-state index in [9.17, 15) is 9.59 Å². The Bertz CT molecular complexity index is 564. The van der Waals surface area contributed by atoms with Crippen LogP contribution in [0.15, 0.2) is 30.3 Å². The van der Waals surface area contributed by atoms with E-state index in [-0.39, 0.29) is 23.8 Å². The molecule has 0 bridgehead atoms. The smallest absolute Gasteiger partial charge is 0.223 e. The molecule has 0 heterocycles. The molecular formula is C20H28N2O2. The van der Waals surface area contributed by atoms with Gasteiger partial charge in [-0.05, 0) is 50.5 Å². The average Bonchev–Trinajstić information content (AvgIpc) is 3.49. The summed E-state index contributed by atoms with van der Waals surface area (Å²) in [7, 11) is 0. The standard InChI is InChI=1S/C20H28N2O2/c1-15(17-6-3-2-4-7-17)22(14-16-9-10-16)19(23)8-5-13-21-20(24)18-11-12-18/h2-4,6-7,15-16,18H,5,8-14H2,1H3,(H,21,24)/t15-/m1/s1. The van der Waals surface area contributed by atoms with Crippen molar-refractivity contribution in [2.75, 3.05) is 13.1 Å². The topological polar surface area (TPSA) is 49.4 Å². The average molecular weight is 328 g/mol. The third-order valence-electron chi connectivity index (χ3n) is 5.04. The highest BCUT2D eigenvalue weighted by atomic mass is 16.2. The lowest BCUT2D eigenvalue weighted by Gasteiger charge is -2.30. The Morgan fingerprint density at radius 2 is 1.88 bits per heavy atom. The maximum absolute atomic E-state index is 12.7. The van der Waals surface area contributed by atoms with Gasteiger partial charge < -0.3 is 10.2 Å². The van der Waals surface area contributed by atoms with E-state index in [0.717, 1.165) is 25.8 Å². The highest BCUT2D eigenvalue weighted by Crippen LogP contribution is 2.33. The largest absolute Gasteiger partial charge is 0.356 e. The molecule has 0 unspecified atom stereocenters. The highest BCUT2D eigenvalue weighted by Gasteiger charge is 2.30. The van der Waals surface area contributed by atoms with Gasteiger partial charge in [0.2, 0.25) is 11.8 Å². The van der Waals surface area contributed by atoms with E-state index < -0.39 is 0 Å². The van der Waals surface area contributed by atoms with Crippen LogP contribution < -0.4 is 5.32 Å². The molecule has 1 aromatic carbocycles. The number of nitrogens with one attached hydrogen (secondary N) is 1. The van der Waals surface area contributed by atoms with Crippen molar-refractivity contribution in [3.05, 3.63) is 35.9 Å². The van der Waals surface area contributed by atoms with Gasteiger partial charge in [-0.3, -0.25) is 9.59 Å². The van der Waals surface area contributed by atoms with Gasteiger partial charge in [-0.25, -0.2) is 0 Å². The summed E-state index contributed by atoms with van der Waals surface area (Å²) in [6.45, 7) is 3.59. The van der Waals surface area contributed by atoms with E-state index in [1.807, 2.05) is 23.1 Å². The second-order valence-corrected chi connectivity index (χ2v) is 7.24. The van der Waals surface area contributed by atoms with E-state index in [2.05, 4.69) is 24.4 Å². The molecule has 0 saturated heterocycles. The van der Waals surface area contributed by atoms with E-state index in [0.29, 0.717) is 18.9 Å². The predicted molar refractivity (Wildman–Crippen MR) is 94.3 cm³/mol. The number of hydrogen-bond acceptors (Lipinski definition) is 2. The van der Waals surface area contributed by atoms with Gasteiger partial charge in [-0.2, -0.15) is 0 Å². The van der Waals surface area contributed by atoms with Crippen LogP contribution in [-0.2, 0) is 9.59 Å². The molecule has 4 heteroatoms. The van der Waals surface area contributed by atoms with Crippen molar-refractivity contribution in [1.29, 1.82) is 0 Å². The third kappa shape index (κ3) is 4.83. The summed E-state index contributed by atoms with van der Waals surface area (Å²) in [5.74, 6) is 1.29. The van der Waals surface area contributed by atoms with E-state index >= 15 is 0 Å². The van der Waals surface area contributed by atoms with Crippen molar-refractivity contribution in [3.8, 4) is 0 Å². The summed E-state index contributed by atoms with van der Waals surface area (Å²) in [5, 5.41) is 2.94. The Hall–Kier alpha value is -1.84. The molecule has 130 valence electrons. The summed E-state index contributed by atoms with van der Waals surface area (Å²) < 4.78 is 0. The zero-order valence-electron chi connectivity index (χ0n) is 14.5. The number of amides is 2. The van der Waals surface area contributed by atoms with Gasteiger partial charge in [0, 0.05) is 25.4 Å². The normalized spacial score (nSPS) is 18.0. The number of nitrogens with zero attached hydrogens (tertiary/aromatic N) is 1. The molecule has 24 heavy (non-hydrogen) atoms. The molecule has 0 spiro atoms. The van der Waals surface area contributed by atoms with Crippen molar-refractivity contribution in [1.82, 2.24) is 10.2 Å². The molecule has 1 N–H and O–H groups in total. The molecule has 1 aromatic rings. The second-order valence-electron chi connectivity index (χ2n) is 7.24. The van der Waals surface area contributed by atoms with Crippen LogP contribution in [0.2, 0.25) is 0 Å². The molecule has 2 saturated carbocycles. The van der Waals surface area contributed by atoms with Gasteiger partial charge in [0.15, 0.2) is 0 Å². The van der Waals surface area contributed by atoms with Crippen LogP contribution in [0.4, 0.5) is 0 Å². The van der Waals surface area contributed by atoms with Gasteiger partial charge in [-0.1, -0.05) is 30.3 Å². The predicted octanol–water partition coefficient (Wildman–Crippen LogP) is 3.29. The Kier molecular flexibility index (Phi) is 5.54. The Morgan fingerprint density at radius 1 is 1.17 bits per heavy atom. The van der Waals surface area contributed by atoms with Crippen molar-refractivity contribution in [3.63, 3.8) is 0 Å². The number of carbonyl (C=O) groups excluding carboxylic acids is 2. The van der Waals surface area contributed by atoms with Crippen LogP contribution in [0.25, 0.3) is 0 Å². The van der Waals surface area contributed by atoms with Gasteiger partial charge >= 0.3 is 0 Å².